The Morgan fingerprint density at radius 2 is 1.83 bits per heavy atom. The number of carbonyl (C=O) groups excluding carboxylic acids is 1. The summed E-state index contributed by atoms with van der Waals surface area (Å²) in [6, 6.07) is 17.2. The van der Waals surface area contributed by atoms with E-state index in [1.165, 1.54) is 6.07 Å². The van der Waals surface area contributed by atoms with Crippen LogP contribution in [0.1, 0.15) is 18.6 Å². The van der Waals surface area contributed by atoms with Gasteiger partial charge in [-0.2, -0.15) is 0 Å². The van der Waals surface area contributed by atoms with Crippen molar-refractivity contribution in [2.75, 3.05) is 6.61 Å². The van der Waals surface area contributed by atoms with E-state index >= 15 is 0 Å². The van der Waals surface area contributed by atoms with Crippen molar-refractivity contribution < 1.29 is 18.7 Å². The van der Waals surface area contributed by atoms with Crippen molar-refractivity contribution in [1.29, 1.82) is 0 Å². The lowest BCUT2D eigenvalue weighted by atomic mass is 10.1. The van der Waals surface area contributed by atoms with Gasteiger partial charge in [0.05, 0.1) is 6.61 Å². The molecule has 0 radical (unpaired) electrons. The molecule has 0 aliphatic heterocycles. The van der Waals surface area contributed by atoms with Gasteiger partial charge in [-0.25, -0.2) is 9.59 Å². The third kappa shape index (κ3) is 3.46. The van der Waals surface area contributed by atoms with Crippen molar-refractivity contribution in [2.45, 2.75) is 13.0 Å². The van der Waals surface area contributed by atoms with Crippen LogP contribution in [-0.2, 0) is 9.53 Å². The Kier molecular flexibility index (Phi) is 4.61. The van der Waals surface area contributed by atoms with Crippen molar-refractivity contribution in [1.82, 2.24) is 0 Å². The zero-order valence-electron chi connectivity index (χ0n) is 13.1. The Hall–Kier alpha value is -3.08. The van der Waals surface area contributed by atoms with Crippen LogP contribution in [-0.4, -0.2) is 12.6 Å². The Labute approximate surface area is 138 Å². The lowest BCUT2D eigenvalue weighted by molar-refractivity contribution is -0.151. The van der Waals surface area contributed by atoms with Crippen molar-refractivity contribution in [3.8, 4) is 5.75 Å². The topological polar surface area (TPSA) is 65.7 Å². The molecule has 2 aromatic carbocycles. The highest BCUT2D eigenvalue weighted by Gasteiger charge is 2.24. The second kappa shape index (κ2) is 7.00. The van der Waals surface area contributed by atoms with E-state index in [0.29, 0.717) is 16.9 Å². The summed E-state index contributed by atoms with van der Waals surface area (Å²) in [5.74, 6) is -0.0583. The Morgan fingerprint density at radius 3 is 2.58 bits per heavy atom. The molecule has 0 aliphatic carbocycles. The molecule has 0 saturated heterocycles. The van der Waals surface area contributed by atoms with E-state index in [1.54, 1.807) is 43.3 Å². The van der Waals surface area contributed by atoms with Gasteiger partial charge in [0.25, 0.3) is 0 Å². The van der Waals surface area contributed by atoms with E-state index in [0.717, 1.165) is 5.39 Å². The summed E-state index contributed by atoms with van der Waals surface area (Å²) in [4.78, 5) is 23.6. The van der Waals surface area contributed by atoms with Gasteiger partial charge in [-0.3, -0.25) is 0 Å². The third-order valence-electron chi connectivity index (χ3n) is 3.45. The molecule has 3 rings (SSSR count). The van der Waals surface area contributed by atoms with Gasteiger partial charge >= 0.3 is 11.6 Å². The van der Waals surface area contributed by atoms with Crippen LogP contribution >= 0.6 is 0 Å². The standard InChI is InChI=1S/C19H16O5/c1-2-22-19(21)18(14-6-4-3-5-7-14)23-15-10-8-13-9-11-17(20)24-16(13)12-15/h3-12,18H,2H2,1H3/t18-/m1/s1. The van der Waals surface area contributed by atoms with E-state index in [4.69, 9.17) is 13.9 Å². The number of esters is 1. The molecular weight excluding hydrogens is 308 g/mol. The largest absolute Gasteiger partial charge is 0.474 e. The van der Waals surface area contributed by atoms with Gasteiger partial charge in [0.1, 0.15) is 11.3 Å². The maximum Gasteiger partial charge on any atom is 0.352 e. The molecule has 1 heterocycles. The summed E-state index contributed by atoms with van der Waals surface area (Å²) in [6.45, 7) is 2.00. The molecule has 0 bridgehead atoms. The van der Waals surface area contributed by atoms with Crippen LogP contribution in [0.3, 0.4) is 0 Å². The van der Waals surface area contributed by atoms with E-state index in [1.807, 2.05) is 18.2 Å². The molecule has 5 nitrogen and oxygen atoms in total. The molecule has 122 valence electrons. The fraction of sp³-hybridized carbons (Fsp3) is 0.158. The number of ether oxygens (including phenoxy) is 2. The van der Waals surface area contributed by atoms with Crippen LogP contribution in [0.2, 0.25) is 0 Å². The molecule has 0 fully saturated rings. The normalized spacial score (nSPS) is 11.9. The summed E-state index contributed by atoms with van der Waals surface area (Å²) in [6.07, 6.45) is -0.890. The summed E-state index contributed by atoms with van der Waals surface area (Å²) in [5, 5.41) is 0.773. The zero-order chi connectivity index (χ0) is 16.9. The molecule has 5 heteroatoms. The highest BCUT2D eigenvalue weighted by molar-refractivity contribution is 5.79. The average Bonchev–Trinajstić information content (AvgIpc) is 2.60. The molecule has 24 heavy (non-hydrogen) atoms. The van der Waals surface area contributed by atoms with Crippen molar-refractivity contribution in [3.05, 3.63) is 76.6 Å². The van der Waals surface area contributed by atoms with Crippen molar-refractivity contribution in [3.63, 3.8) is 0 Å². The monoisotopic (exact) mass is 324 g/mol. The molecule has 1 atom stereocenters. The summed E-state index contributed by atoms with van der Waals surface area (Å²) < 4.78 is 16.1. The average molecular weight is 324 g/mol. The maximum absolute atomic E-state index is 12.2. The summed E-state index contributed by atoms with van der Waals surface area (Å²) >= 11 is 0. The van der Waals surface area contributed by atoms with Crippen LogP contribution in [0.15, 0.2) is 69.9 Å². The highest BCUT2D eigenvalue weighted by atomic mass is 16.6. The first-order valence-corrected chi connectivity index (χ1v) is 7.59. The van der Waals surface area contributed by atoms with E-state index in [2.05, 4.69) is 0 Å². The van der Waals surface area contributed by atoms with Gasteiger partial charge < -0.3 is 13.9 Å². The minimum Gasteiger partial charge on any atom is -0.474 e. The van der Waals surface area contributed by atoms with Gasteiger partial charge in [0.15, 0.2) is 0 Å². The van der Waals surface area contributed by atoms with Crippen molar-refractivity contribution in [2.24, 2.45) is 0 Å². The van der Waals surface area contributed by atoms with E-state index in [9.17, 15) is 9.59 Å². The molecule has 0 spiro atoms. The summed E-state index contributed by atoms with van der Waals surface area (Å²) in [5.41, 5.74) is 0.644. The lowest BCUT2D eigenvalue weighted by Gasteiger charge is -2.18. The Balaban J connectivity index is 1.95. The fourth-order valence-corrected chi connectivity index (χ4v) is 2.35. The van der Waals surface area contributed by atoms with Crippen LogP contribution in [0.4, 0.5) is 0 Å². The summed E-state index contributed by atoms with van der Waals surface area (Å²) in [7, 11) is 0. The smallest absolute Gasteiger partial charge is 0.352 e. The van der Waals surface area contributed by atoms with E-state index in [-0.39, 0.29) is 6.61 Å². The second-order valence-electron chi connectivity index (χ2n) is 5.11. The van der Waals surface area contributed by atoms with Gasteiger partial charge in [-0.05, 0) is 25.1 Å². The first kappa shape index (κ1) is 15.8. The Bertz CT molecular complexity index is 898. The van der Waals surface area contributed by atoms with Crippen LogP contribution in [0.5, 0.6) is 5.75 Å². The molecule has 3 aromatic rings. The van der Waals surface area contributed by atoms with Crippen LogP contribution < -0.4 is 10.4 Å². The minimum atomic E-state index is -0.890. The molecule has 0 aliphatic rings. The van der Waals surface area contributed by atoms with Gasteiger partial charge in [-0.1, -0.05) is 30.3 Å². The Morgan fingerprint density at radius 1 is 1.08 bits per heavy atom. The quantitative estimate of drug-likeness (QED) is 0.531. The second-order valence-corrected chi connectivity index (χ2v) is 5.11. The van der Waals surface area contributed by atoms with Crippen LogP contribution in [0.25, 0.3) is 11.0 Å². The predicted octanol–water partition coefficient (Wildman–Crippen LogP) is 3.48. The predicted molar refractivity (Wildman–Crippen MR) is 88.9 cm³/mol. The van der Waals surface area contributed by atoms with E-state index < -0.39 is 17.7 Å². The molecule has 0 amide bonds. The molecule has 0 N–H and O–H groups in total. The zero-order valence-corrected chi connectivity index (χ0v) is 13.1. The molecule has 0 saturated carbocycles. The number of benzene rings is 2. The number of hydrogen-bond acceptors (Lipinski definition) is 5. The first-order valence-electron chi connectivity index (χ1n) is 7.59. The minimum absolute atomic E-state index is 0.262. The van der Waals surface area contributed by atoms with Crippen LogP contribution in [0, 0.1) is 0 Å². The number of hydrogen-bond donors (Lipinski definition) is 0. The van der Waals surface area contributed by atoms with Crippen molar-refractivity contribution >= 4 is 16.9 Å². The first-order chi connectivity index (χ1) is 11.7. The third-order valence-corrected chi connectivity index (χ3v) is 3.45. The SMILES string of the molecule is CCOC(=O)[C@H](Oc1ccc2ccc(=O)oc2c1)c1ccccc1. The van der Waals surface area contributed by atoms with Gasteiger partial charge in [0.2, 0.25) is 6.10 Å². The van der Waals surface area contributed by atoms with Gasteiger partial charge in [-0.15, -0.1) is 0 Å². The molecular formula is C19H16O5. The number of carbonyl (C=O) groups is 1. The number of fused-ring (bicyclic) bond motifs is 1. The molecule has 1 aromatic heterocycles. The fourth-order valence-electron chi connectivity index (χ4n) is 2.35. The molecule has 0 unspecified atom stereocenters. The lowest BCUT2D eigenvalue weighted by Crippen LogP contribution is -2.21. The highest BCUT2D eigenvalue weighted by Crippen LogP contribution is 2.26. The maximum atomic E-state index is 12.2. The number of rotatable bonds is 5. The van der Waals surface area contributed by atoms with Gasteiger partial charge in [0, 0.05) is 23.1 Å².